The van der Waals surface area contributed by atoms with Crippen molar-refractivity contribution in [3.05, 3.63) is 48.6 Å². The van der Waals surface area contributed by atoms with Gasteiger partial charge in [0.25, 0.3) is 0 Å². The van der Waals surface area contributed by atoms with Crippen LogP contribution in [0.3, 0.4) is 0 Å². The molecule has 1 fully saturated rings. The predicted molar refractivity (Wildman–Crippen MR) is 256 cm³/mol. The van der Waals surface area contributed by atoms with Gasteiger partial charge in [0.1, 0.15) is 31.0 Å². The second-order valence-corrected chi connectivity index (χ2v) is 17.6. The lowest BCUT2D eigenvalue weighted by Gasteiger charge is -2.39. The number of esters is 2. The van der Waals surface area contributed by atoms with Crippen LogP contribution in [0.4, 0.5) is 0 Å². The Balaban J connectivity index is 2.25. The molecule has 0 amide bonds. The fourth-order valence-corrected chi connectivity index (χ4v) is 7.68. The van der Waals surface area contributed by atoms with Crippen molar-refractivity contribution >= 4 is 11.9 Å². The Hall–Kier alpha value is -2.34. The SMILES string of the molecule is CC/C=C/C/C=C/C/C=C/CCCCCCCC(=O)O[C@@H](COC(=O)CCC/C=C/CCCCCCCCCCCCCCCCCCCC)CO[C@H]1O[C@@H](CO)[C@@H](O)C(O)C1O. The van der Waals surface area contributed by atoms with Crippen LogP contribution >= 0.6 is 0 Å². The van der Waals surface area contributed by atoms with Crippen LogP contribution in [0.15, 0.2) is 48.6 Å². The molecule has 6 atom stereocenters. The van der Waals surface area contributed by atoms with Crippen molar-refractivity contribution in [3.8, 4) is 0 Å². The first-order valence-electron chi connectivity index (χ1n) is 25.7. The monoisotopic (exact) mass is 891 g/mol. The molecule has 1 rings (SSSR count). The highest BCUT2D eigenvalue weighted by atomic mass is 16.7. The van der Waals surface area contributed by atoms with Crippen LogP contribution < -0.4 is 0 Å². The predicted octanol–water partition coefficient (Wildman–Crippen LogP) is 12.0. The number of carbonyl (C=O) groups excluding carboxylic acids is 2. The summed E-state index contributed by atoms with van der Waals surface area (Å²) in [6, 6.07) is 0. The number of hydrogen-bond donors (Lipinski definition) is 4. The Morgan fingerprint density at radius 3 is 1.48 bits per heavy atom. The molecule has 1 saturated heterocycles. The Labute approximate surface area is 384 Å². The van der Waals surface area contributed by atoms with E-state index in [1.165, 1.54) is 116 Å². The van der Waals surface area contributed by atoms with Crippen LogP contribution in [-0.4, -0.2) is 89.0 Å². The summed E-state index contributed by atoms with van der Waals surface area (Å²) in [4.78, 5) is 25.4. The van der Waals surface area contributed by atoms with Crippen LogP contribution in [0.25, 0.3) is 0 Å². The molecule has 366 valence electrons. The second kappa shape index (κ2) is 43.5. The van der Waals surface area contributed by atoms with Crippen LogP contribution in [0, 0.1) is 0 Å². The third-order valence-electron chi connectivity index (χ3n) is 11.7. The first-order valence-corrected chi connectivity index (χ1v) is 25.7. The maximum atomic E-state index is 12.8. The molecule has 0 saturated carbocycles. The van der Waals surface area contributed by atoms with Crippen LogP contribution in [-0.2, 0) is 28.5 Å². The quantitative estimate of drug-likeness (QED) is 0.0264. The van der Waals surface area contributed by atoms with Crippen molar-refractivity contribution in [2.24, 2.45) is 0 Å². The summed E-state index contributed by atoms with van der Waals surface area (Å²) in [6.45, 7) is 3.29. The molecule has 0 aromatic heterocycles. The number of aliphatic hydroxyl groups is 4. The van der Waals surface area contributed by atoms with Crippen molar-refractivity contribution in [2.45, 2.75) is 256 Å². The first-order chi connectivity index (χ1) is 30.8. The van der Waals surface area contributed by atoms with Gasteiger partial charge in [0.2, 0.25) is 0 Å². The van der Waals surface area contributed by atoms with E-state index in [2.05, 4.69) is 62.5 Å². The van der Waals surface area contributed by atoms with Gasteiger partial charge in [-0.15, -0.1) is 0 Å². The number of hydrogen-bond acceptors (Lipinski definition) is 10. The molecular formula is C53H94O10. The van der Waals surface area contributed by atoms with E-state index >= 15 is 0 Å². The molecular weight excluding hydrogens is 797 g/mol. The highest BCUT2D eigenvalue weighted by Gasteiger charge is 2.44. The maximum Gasteiger partial charge on any atom is 0.306 e. The van der Waals surface area contributed by atoms with Gasteiger partial charge in [-0.25, -0.2) is 0 Å². The van der Waals surface area contributed by atoms with Crippen LogP contribution in [0.1, 0.15) is 219 Å². The average molecular weight is 891 g/mol. The number of ether oxygens (including phenoxy) is 4. The minimum atomic E-state index is -1.60. The van der Waals surface area contributed by atoms with Crippen molar-refractivity contribution < 1.29 is 49.0 Å². The molecule has 10 nitrogen and oxygen atoms in total. The largest absolute Gasteiger partial charge is 0.462 e. The summed E-state index contributed by atoms with van der Waals surface area (Å²) in [6.07, 6.45) is 45.7. The molecule has 2 unspecified atom stereocenters. The van der Waals surface area contributed by atoms with Gasteiger partial charge < -0.3 is 39.4 Å². The Morgan fingerprint density at radius 1 is 0.508 bits per heavy atom. The molecule has 63 heavy (non-hydrogen) atoms. The standard InChI is InChI=1S/C53H94O10/c1-3-5-7-9-11-13-15-17-19-20-21-22-23-24-25-26-28-29-31-33-35-37-39-41-48(55)60-44-46(45-61-53-52(59)51(58)50(57)47(43-54)63-53)62-49(56)42-40-38-36-34-32-30-27-18-16-14-12-10-8-6-4-2/h6,8,12,14,18,27,33,35,46-47,50-54,57-59H,3-5,7,9-11,13,15-17,19-26,28-32,34,36-45H2,1-2H3/b8-6+,14-12+,27-18+,35-33+/t46-,47-,50+,51?,52?,53-/m0/s1. The summed E-state index contributed by atoms with van der Waals surface area (Å²) in [7, 11) is 0. The summed E-state index contributed by atoms with van der Waals surface area (Å²) < 4.78 is 22.2. The van der Waals surface area contributed by atoms with E-state index in [1.807, 2.05) is 0 Å². The smallest absolute Gasteiger partial charge is 0.306 e. The summed E-state index contributed by atoms with van der Waals surface area (Å²) in [5.41, 5.74) is 0. The van der Waals surface area contributed by atoms with Gasteiger partial charge in [0, 0.05) is 12.8 Å². The van der Waals surface area contributed by atoms with Crippen molar-refractivity contribution in [3.63, 3.8) is 0 Å². The van der Waals surface area contributed by atoms with E-state index < -0.39 is 55.4 Å². The van der Waals surface area contributed by atoms with Gasteiger partial charge in [0.05, 0.1) is 13.2 Å². The molecule has 0 aliphatic carbocycles. The van der Waals surface area contributed by atoms with Gasteiger partial charge in [-0.2, -0.15) is 0 Å². The molecule has 0 aromatic carbocycles. The van der Waals surface area contributed by atoms with Gasteiger partial charge in [-0.05, 0) is 64.2 Å². The van der Waals surface area contributed by atoms with Crippen molar-refractivity contribution in [1.29, 1.82) is 0 Å². The molecule has 0 aromatic rings. The average Bonchev–Trinajstić information content (AvgIpc) is 3.28. The summed E-state index contributed by atoms with van der Waals surface area (Å²) in [5, 5.41) is 40.2. The van der Waals surface area contributed by atoms with Crippen LogP contribution in [0.5, 0.6) is 0 Å². The molecule has 1 aliphatic rings. The van der Waals surface area contributed by atoms with E-state index in [9.17, 15) is 30.0 Å². The zero-order valence-electron chi connectivity index (χ0n) is 40.1. The Bertz CT molecular complexity index is 1170. The van der Waals surface area contributed by atoms with Crippen molar-refractivity contribution in [1.82, 2.24) is 0 Å². The zero-order valence-corrected chi connectivity index (χ0v) is 40.1. The molecule has 4 N–H and O–H groups in total. The molecule has 1 heterocycles. The first kappa shape index (κ1) is 58.7. The van der Waals surface area contributed by atoms with Crippen molar-refractivity contribution in [2.75, 3.05) is 19.8 Å². The van der Waals surface area contributed by atoms with Crippen LogP contribution in [0.2, 0.25) is 0 Å². The van der Waals surface area contributed by atoms with Gasteiger partial charge in [0.15, 0.2) is 12.4 Å². The van der Waals surface area contributed by atoms with E-state index in [0.29, 0.717) is 12.8 Å². The van der Waals surface area contributed by atoms with E-state index in [0.717, 1.165) is 64.2 Å². The third kappa shape index (κ3) is 34.6. The molecule has 1 aliphatic heterocycles. The second-order valence-electron chi connectivity index (χ2n) is 17.6. The lowest BCUT2D eigenvalue weighted by molar-refractivity contribution is -0.305. The summed E-state index contributed by atoms with van der Waals surface area (Å²) >= 11 is 0. The summed E-state index contributed by atoms with van der Waals surface area (Å²) in [5.74, 6) is -0.860. The highest BCUT2D eigenvalue weighted by Crippen LogP contribution is 2.23. The fraction of sp³-hybridized carbons (Fsp3) is 0.811. The number of carbonyl (C=O) groups is 2. The van der Waals surface area contributed by atoms with Gasteiger partial charge in [-0.1, -0.05) is 191 Å². The zero-order chi connectivity index (χ0) is 45.9. The molecule has 0 bridgehead atoms. The third-order valence-corrected chi connectivity index (χ3v) is 11.7. The topological polar surface area (TPSA) is 152 Å². The molecule has 0 radical (unpaired) electrons. The van der Waals surface area contributed by atoms with E-state index in [4.69, 9.17) is 18.9 Å². The fourth-order valence-electron chi connectivity index (χ4n) is 7.68. The Kier molecular flexibility index (Phi) is 40.6. The van der Waals surface area contributed by atoms with E-state index in [1.54, 1.807) is 0 Å². The number of aliphatic hydroxyl groups excluding tert-OH is 4. The Morgan fingerprint density at radius 2 is 0.952 bits per heavy atom. The number of allylic oxidation sites excluding steroid dienone is 8. The minimum absolute atomic E-state index is 0.204. The lowest BCUT2D eigenvalue weighted by Crippen LogP contribution is -2.59. The lowest BCUT2D eigenvalue weighted by atomic mass is 9.99. The number of unbranched alkanes of at least 4 members (excludes halogenated alkanes) is 24. The highest BCUT2D eigenvalue weighted by molar-refractivity contribution is 5.70. The van der Waals surface area contributed by atoms with E-state index in [-0.39, 0.29) is 26.1 Å². The number of rotatable bonds is 43. The maximum absolute atomic E-state index is 12.8. The minimum Gasteiger partial charge on any atom is -0.462 e. The molecule has 10 heteroatoms. The normalized spacial score (nSPS) is 19.9. The molecule has 0 spiro atoms. The van der Waals surface area contributed by atoms with Gasteiger partial charge >= 0.3 is 11.9 Å². The van der Waals surface area contributed by atoms with Gasteiger partial charge in [-0.3, -0.25) is 9.59 Å².